The van der Waals surface area contributed by atoms with E-state index in [9.17, 15) is 9.90 Å². The zero-order chi connectivity index (χ0) is 23.7. The van der Waals surface area contributed by atoms with Crippen molar-refractivity contribution in [2.75, 3.05) is 7.11 Å². The lowest BCUT2D eigenvalue weighted by atomic mass is 10.1. The summed E-state index contributed by atoms with van der Waals surface area (Å²) in [5.74, 6) is 0.808. The molecule has 0 saturated heterocycles. The van der Waals surface area contributed by atoms with Gasteiger partial charge in [0.2, 0.25) is 5.88 Å². The molecule has 0 radical (unpaired) electrons. The largest absolute Gasteiger partial charge is 0.496 e. The Kier molecular flexibility index (Phi) is 5.39. The first kappa shape index (κ1) is 21.1. The van der Waals surface area contributed by atoms with E-state index < -0.39 is 0 Å². The maximum atomic E-state index is 13.4. The normalized spacial score (nSPS) is 11.4. The van der Waals surface area contributed by atoms with Gasteiger partial charge in [0.1, 0.15) is 5.75 Å². The Hall–Kier alpha value is -4.72. The summed E-state index contributed by atoms with van der Waals surface area (Å²) in [6.45, 7) is 1.77. The van der Waals surface area contributed by atoms with Gasteiger partial charge in [0, 0.05) is 0 Å². The first-order valence-electron chi connectivity index (χ1n) is 10.6. The fourth-order valence-corrected chi connectivity index (χ4v) is 3.78. The van der Waals surface area contributed by atoms with Crippen molar-refractivity contribution in [3.8, 4) is 28.7 Å². The SMILES string of the molecule is COc1ccccc1-c1nc2ccccc2c(=O)n1/N=C/c1c(C)nn(-c2ccccc2)c1O. The van der Waals surface area contributed by atoms with Crippen molar-refractivity contribution < 1.29 is 9.84 Å². The first-order valence-corrected chi connectivity index (χ1v) is 10.6. The van der Waals surface area contributed by atoms with Crippen LogP contribution in [0.15, 0.2) is 88.8 Å². The molecule has 8 nitrogen and oxygen atoms in total. The number of hydrogen-bond donors (Lipinski definition) is 1. The summed E-state index contributed by atoms with van der Waals surface area (Å²) in [6.07, 6.45) is 1.42. The molecule has 0 saturated carbocycles. The number of nitrogens with zero attached hydrogens (tertiary/aromatic N) is 5. The van der Waals surface area contributed by atoms with E-state index >= 15 is 0 Å². The van der Waals surface area contributed by atoms with E-state index in [0.717, 1.165) is 0 Å². The van der Waals surface area contributed by atoms with Gasteiger partial charge in [0.15, 0.2) is 5.82 Å². The van der Waals surface area contributed by atoms with Crippen LogP contribution in [0.4, 0.5) is 0 Å². The third-order valence-electron chi connectivity index (χ3n) is 5.49. The average Bonchev–Trinajstić information content (AvgIpc) is 3.17. The monoisotopic (exact) mass is 451 g/mol. The van der Waals surface area contributed by atoms with E-state index in [0.29, 0.717) is 45.0 Å². The summed E-state index contributed by atoms with van der Waals surface area (Å²) >= 11 is 0. The minimum Gasteiger partial charge on any atom is -0.496 e. The van der Waals surface area contributed by atoms with Crippen LogP contribution in [0, 0.1) is 6.92 Å². The van der Waals surface area contributed by atoms with Crippen LogP contribution in [-0.2, 0) is 0 Å². The van der Waals surface area contributed by atoms with Gasteiger partial charge in [0.05, 0.1) is 46.7 Å². The molecule has 5 rings (SSSR count). The standard InChI is InChI=1S/C26H21N5O3/c1-17-21(26(33)30(29-17)18-10-4-3-5-11-18)16-27-31-24(20-13-7-9-15-23(20)34-2)28-22-14-8-6-12-19(22)25(31)32/h3-16,33H,1-2H3/b27-16+. The second kappa shape index (κ2) is 8.67. The van der Waals surface area contributed by atoms with Crippen molar-refractivity contribution in [3.05, 3.63) is 100 Å². The van der Waals surface area contributed by atoms with Crippen LogP contribution in [-0.4, -0.2) is 37.9 Å². The van der Waals surface area contributed by atoms with Crippen LogP contribution in [0.3, 0.4) is 0 Å². The summed E-state index contributed by atoms with van der Waals surface area (Å²) in [5.41, 5.74) is 2.50. The molecule has 8 heteroatoms. The maximum Gasteiger partial charge on any atom is 0.282 e. The Bertz CT molecular complexity index is 1590. The quantitative estimate of drug-likeness (QED) is 0.405. The molecule has 5 aromatic rings. The summed E-state index contributed by atoms with van der Waals surface area (Å²) in [7, 11) is 1.56. The summed E-state index contributed by atoms with van der Waals surface area (Å²) < 4.78 is 8.15. The molecule has 0 aliphatic rings. The molecule has 0 unspecified atom stereocenters. The summed E-state index contributed by atoms with van der Waals surface area (Å²) in [5, 5.41) is 20.1. The molecule has 0 bridgehead atoms. The lowest BCUT2D eigenvalue weighted by Crippen LogP contribution is -2.20. The second-order valence-corrected chi connectivity index (χ2v) is 7.58. The van der Waals surface area contributed by atoms with Crippen molar-refractivity contribution in [2.24, 2.45) is 5.10 Å². The van der Waals surface area contributed by atoms with Crippen molar-refractivity contribution in [2.45, 2.75) is 6.92 Å². The molecule has 0 aliphatic heterocycles. The molecular weight excluding hydrogens is 430 g/mol. The zero-order valence-corrected chi connectivity index (χ0v) is 18.6. The van der Waals surface area contributed by atoms with Gasteiger partial charge in [-0.1, -0.05) is 42.5 Å². The van der Waals surface area contributed by atoms with E-state index in [2.05, 4.69) is 10.2 Å². The highest BCUT2D eigenvalue weighted by atomic mass is 16.5. The Morgan fingerprint density at radius 2 is 1.68 bits per heavy atom. The highest BCUT2D eigenvalue weighted by Crippen LogP contribution is 2.29. The summed E-state index contributed by atoms with van der Waals surface area (Å²) in [4.78, 5) is 18.1. The molecular formula is C26H21N5O3. The minimum absolute atomic E-state index is 0.0758. The Labute approximate surface area is 195 Å². The average molecular weight is 451 g/mol. The number of ether oxygens (including phenoxy) is 1. The van der Waals surface area contributed by atoms with Crippen LogP contribution < -0.4 is 10.3 Å². The van der Waals surface area contributed by atoms with E-state index in [1.165, 1.54) is 15.6 Å². The number of aromatic hydroxyl groups is 1. The van der Waals surface area contributed by atoms with Crippen molar-refractivity contribution in [1.29, 1.82) is 0 Å². The highest BCUT2D eigenvalue weighted by molar-refractivity contribution is 5.85. The number of hydrogen-bond acceptors (Lipinski definition) is 6. The molecule has 3 aromatic carbocycles. The van der Waals surface area contributed by atoms with Crippen molar-refractivity contribution >= 4 is 17.1 Å². The smallest absolute Gasteiger partial charge is 0.282 e. The first-order chi connectivity index (χ1) is 16.6. The molecule has 34 heavy (non-hydrogen) atoms. The molecule has 0 aliphatic carbocycles. The predicted molar refractivity (Wildman–Crippen MR) is 131 cm³/mol. The molecule has 2 aromatic heterocycles. The molecule has 0 fully saturated rings. The van der Waals surface area contributed by atoms with Crippen LogP contribution in [0.25, 0.3) is 28.0 Å². The lowest BCUT2D eigenvalue weighted by Gasteiger charge is -2.12. The molecule has 0 atom stereocenters. The van der Waals surface area contributed by atoms with Gasteiger partial charge in [-0.2, -0.15) is 14.9 Å². The predicted octanol–water partition coefficient (Wildman–Crippen LogP) is 4.15. The van der Waals surface area contributed by atoms with Gasteiger partial charge >= 0.3 is 0 Å². The maximum absolute atomic E-state index is 13.4. The van der Waals surface area contributed by atoms with Crippen LogP contribution in [0.2, 0.25) is 0 Å². The van der Waals surface area contributed by atoms with Gasteiger partial charge in [-0.15, -0.1) is 0 Å². The minimum atomic E-state index is -0.338. The Morgan fingerprint density at radius 1 is 0.971 bits per heavy atom. The van der Waals surface area contributed by atoms with E-state index in [4.69, 9.17) is 9.72 Å². The molecule has 1 N–H and O–H groups in total. The molecule has 0 spiro atoms. The van der Waals surface area contributed by atoms with Crippen LogP contribution >= 0.6 is 0 Å². The molecule has 0 amide bonds. The third-order valence-corrected chi connectivity index (χ3v) is 5.49. The Balaban J connectivity index is 1.70. The number of aryl methyl sites for hydroxylation is 1. The highest BCUT2D eigenvalue weighted by Gasteiger charge is 2.17. The van der Waals surface area contributed by atoms with Gasteiger partial charge in [0.25, 0.3) is 5.56 Å². The summed E-state index contributed by atoms with van der Waals surface area (Å²) in [6, 6.07) is 23.7. The second-order valence-electron chi connectivity index (χ2n) is 7.58. The fraction of sp³-hybridized carbons (Fsp3) is 0.0769. The fourth-order valence-electron chi connectivity index (χ4n) is 3.78. The van der Waals surface area contributed by atoms with Crippen molar-refractivity contribution in [1.82, 2.24) is 19.4 Å². The van der Waals surface area contributed by atoms with E-state index in [1.54, 1.807) is 38.3 Å². The molecule has 2 heterocycles. The number of benzene rings is 3. The van der Waals surface area contributed by atoms with E-state index in [-0.39, 0.29) is 11.4 Å². The van der Waals surface area contributed by atoms with Gasteiger partial charge < -0.3 is 9.84 Å². The third kappa shape index (κ3) is 3.61. The van der Waals surface area contributed by atoms with Gasteiger partial charge in [-0.25, -0.2) is 9.67 Å². The van der Waals surface area contributed by atoms with Crippen molar-refractivity contribution in [3.63, 3.8) is 0 Å². The van der Waals surface area contributed by atoms with Crippen LogP contribution in [0.1, 0.15) is 11.3 Å². The van der Waals surface area contributed by atoms with Gasteiger partial charge in [-0.3, -0.25) is 4.79 Å². The van der Waals surface area contributed by atoms with Gasteiger partial charge in [-0.05, 0) is 43.3 Å². The number of para-hydroxylation sites is 3. The lowest BCUT2D eigenvalue weighted by molar-refractivity contribution is 0.416. The number of rotatable bonds is 5. The molecule has 168 valence electrons. The number of fused-ring (bicyclic) bond motifs is 1. The topological polar surface area (TPSA) is 94.5 Å². The van der Waals surface area contributed by atoms with Crippen LogP contribution in [0.5, 0.6) is 11.6 Å². The zero-order valence-electron chi connectivity index (χ0n) is 18.6. The number of methoxy groups -OCH3 is 1. The number of aromatic nitrogens is 4. The Morgan fingerprint density at radius 3 is 2.47 bits per heavy atom. The van der Waals surface area contributed by atoms with E-state index in [1.807, 2.05) is 54.6 Å².